The summed E-state index contributed by atoms with van der Waals surface area (Å²) in [6.07, 6.45) is 3.93. The number of esters is 4. The molecule has 10 atom stereocenters. The van der Waals surface area contributed by atoms with Gasteiger partial charge in [0.05, 0.1) is 0 Å². The molecule has 206 valence electrons. The quantitative estimate of drug-likeness (QED) is 0.295. The van der Waals surface area contributed by atoms with Crippen molar-refractivity contribution in [1.82, 2.24) is 0 Å². The van der Waals surface area contributed by atoms with Gasteiger partial charge in [-0.2, -0.15) is 0 Å². The van der Waals surface area contributed by atoms with Crippen molar-refractivity contribution in [2.24, 2.45) is 34.0 Å². The first-order valence-corrected chi connectivity index (χ1v) is 13.6. The van der Waals surface area contributed by atoms with E-state index in [1.165, 1.54) is 27.7 Å². The van der Waals surface area contributed by atoms with Crippen LogP contribution < -0.4 is 0 Å². The van der Waals surface area contributed by atoms with Crippen molar-refractivity contribution >= 4 is 23.9 Å². The SMILES string of the molecule is CC(=O)OCC1(C)C(OC(C)=O)CCC2(C)C1CC(OC(C)=O)C13CC(CCC21)C1(COC(C)=O)OC13. The molecule has 0 aromatic heterocycles. The molecule has 0 amide bonds. The molecule has 37 heavy (non-hydrogen) atoms. The fourth-order valence-electron chi connectivity index (χ4n) is 9.50. The molecule has 1 spiro atoms. The average molecular weight is 521 g/mol. The molecule has 9 heteroatoms. The third-order valence-corrected chi connectivity index (χ3v) is 10.8. The first-order valence-electron chi connectivity index (χ1n) is 13.6. The average Bonchev–Trinajstić information content (AvgIpc) is 3.51. The lowest BCUT2D eigenvalue weighted by Gasteiger charge is -2.66. The maximum atomic E-state index is 12.4. The van der Waals surface area contributed by atoms with Crippen molar-refractivity contribution in [3.8, 4) is 0 Å². The van der Waals surface area contributed by atoms with Crippen molar-refractivity contribution in [2.45, 2.75) is 104 Å². The molecule has 0 N–H and O–H groups in total. The number of fused-ring (bicyclic) bond motifs is 5. The van der Waals surface area contributed by atoms with E-state index < -0.39 is 23.2 Å². The summed E-state index contributed by atoms with van der Waals surface area (Å²) in [7, 11) is 0. The third kappa shape index (κ3) is 3.81. The van der Waals surface area contributed by atoms with Gasteiger partial charge in [0.1, 0.15) is 37.1 Å². The Kier molecular flexibility index (Phi) is 6.20. The smallest absolute Gasteiger partial charge is 0.302 e. The summed E-state index contributed by atoms with van der Waals surface area (Å²) in [4.78, 5) is 48.0. The van der Waals surface area contributed by atoms with Crippen molar-refractivity contribution in [1.29, 1.82) is 0 Å². The van der Waals surface area contributed by atoms with Crippen molar-refractivity contribution in [3.63, 3.8) is 0 Å². The molecule has 1 aliphatic heterocycles. The number of ether oxygens (including phenoxy) is 5. The molecular weight excluding hydrogens is 480 g/mol. The fourth-order valence-corrected chi connectivity index (χ4v) is 9.50. The highest BCUT2D eigenvalue weighted by Gasteiger charge is 2.84. The normalized spacial score (nSPS) is 47.0. The van der Waals surface area contributed by atoms with Crippen LogP contribution in [0.3, 0.4) is 0 Å². The van der Waals surface area contributed by atoms with Crippen molar-refractivity contribution < 1.29 is 42.9 Å². The van der Waals surface area contributed by atoms with Crippen LogP contribution in [-0.2, 0) is 42.9 Å². The van der Waals surface area contributed by atoms with Gasteiger partial charge in [0.15, 0.2) is 0 Å². The number of hydrogen-bond acceptors (Lipinski definition) is 9. The Morgan fingerprint density at radius 2 is 1.41 bits per heavy atom. The van der Waals surface area contributed by atoms with Gasteiger partial charge < -0.3 is 23.7 Å². The molecule has 4 saturated carbocycles. The lowest BCUT2D eigenvalue weighted by molar-refractivity contribution is -0.251. The first kappa shape index (κ1) is 26.4. The Morgan fingerprint density at radius 1 is 0.784 bits per heavy atom. The third-order valence-electron chi connectivity index (χ3n) is 10.8. The molecule has 10 unspecified atom stereocenters. The largest absolute Gasteiger partial charge is 0.465 e. The van der Waals surface area contributed by atoms with E-state index in [-0.39, 0.29) is 71.8 Å². The van der Waals surface area contributed by atoms with Crippen LogP contribution in [0, 0.1) is 34.0 Å². The van der Waals surface area contributed by atoms with Gasteiger partial charge in [-0.1, -0.05) is 13.8 Å². The molecule has 0 radical (unpaired) electrons. The molecule has 1 heterocycles. The Bertz CT molecular complexity index is 1010. The number of hydrogen-bond donors (Lipinski definition) is 0. The van der Waals surface area contributed by atoms with E-state index in [2.05, 4.69) is 6.92 Å². The molecule has 9 nitrogen and oxygen atoms in total. The summed E-state index contributed by atoms with van der Waals surface area (Å²) in [6.45, 7) is 10.4. The van der Waals surface area contributed by atoms with Gasteiger partial charge in [0.25, 0.3) is 0 Å². The molecule has 5 fully saturated rings. The van der Waals surface area contributed by atoms with Gasteiger partial charge >= 0.3 is 23.9 Å². The van der Waals surface area contributed by atoms with Crippen LogP contribution >= 0.6 is 0 Å². The minimum Gasteiger partial charge on any atom is -0.465 e. The van der Waals surface area contributed by atoms with Crippen LogP contribution in [0.5, 0.6) is 0 Å². The zero-order valence-corrected chi connectivity index (χ0v) is 22.8. The predicted octanol–water partition coefficient (Wildman–Crippen LogP) is 3.36. The van der Waals surface area contributed by atoms with Crippen molar-refractivity contribution in [3.05, 3.63) is 0 Å². The topological polar surface area (TPSA) is 118 Å². The number of carbonyl (C=O) groups is 4. The van der Waals surface area contributed by atoms with Gasteiger partial charge in [-0.15, -0.1) is 0 Å². The monoisotopic (exact) mass is 520 g/mol. The number of epoxide rings is 1. The van der Waals surface area contributed by atoms with E-state index in [0.29, 0.717) is 12.8 Å². The Balaban J connectivity index is 1.55. The van der Waals surface area contributed by atoms with Gasteiger partial charge in [-0.25, -0.2) is 0 Å². The van der Waals surface area contributed by atoms with E-state index in [4.69, 9.17) is 23.7 Å². The molecule has 0 aromatic rings. The van der Waals surface area contributed by atoms with Crippen LogP contribution in [-0.4, -0.2) is 61.0 Å². The highest BCUT2D eigenvalue weighted by Crippen LogP contribution is 2.78. The summed E-state index contributed by atoms with van der Waals surface area (Å²) in [5, 5.41) is 0. The van der Waals surface area contributed by atoms with Crippen LogP contribution in [0.25, 0.3) is 0 Å². The Hall–Kier alpha value is -2.16. The first-order chi connectivity index (χ1) is 17.3. The lowest BCUT2D eigenvalue weighted by atomic mass is 9.39. The summed E-state index contributed by atoms with van der Waals surface area (Å²) < 4.78 is 29.5. The summed E-state index contributed by atoms with van der Waals surface area (Å²) in [6, 6.07) is 0. The summed E-state index contributed by atoms with van der Waals surface area (Å²) >= 11 is 0. The minimum atomic E-state index is -0.640. The molecule has 2 bridgehead atoms. The van der Waals surface area contributed by atoms with E-state index in [0.717, 1.165) is 25.7 Å². The minimum absolute atomic E-state index is 0.0174. The predicted molar refractivity (Wildman–Crippen MR) is 129 cm³/mol. The van der Waals surface area contributed by atoms with Gasteiger partial charge in [0, 0.05) is 38.5 Å². The zero-order chi connectivity index (χ0) is 27.0. The molecule has 5 rings (SSSR count). The highest BCUT2D eigenvalue weighted by atomic mass is 16.7. The second kappa shape index (κ2) is 8.68. The van der Waals surface area contributed by atoms with Crippen molar-refractivity contribution in [2.75, 3.05) is 13.2 Å². The van der Waals surface area contributed by atoms with E-state index in [1.54, 1.807) is 0 Å². The van der Waals surface area contributed by atoms with E-state index >= 15 is 0 Å². The second-order valence-corrected chi connectivity index (χ2v) is 12.7. The highest BCUT2D eigenvalue weighted by molar-refractivity contribution is 5.67. The van der Waals surface area contributed by atoms with E-state index in [1.807, 2.05) is 6.92 Å². The number of carbonyl (C=O) groups excluding carboxylic acids is 4. The van der Waals surface area contributed by atoms with Gasteiger partial charge in [0.2, 0.25) is 0 Å². The van der Waals surface area contributed by atoms with Crippen LogP contribution in [0.1, 0.15) is 80.1 Å². The Morgan fingerprint density at radius 3 is 2.03 bits per heavy atom. The Labute approximate surface area is 218 Å². The van der Waals surface area contributed by atoms with Crippen LogP contribution in [0.4, 0.5) is 0 Å². The molecular formula is C28H40O9. The fraction of sp³-hybridized carbons (Fsp3) is 0.857. The summed E-state index contributed by atoms with van der Waals surface area (Å²) in [5.74, 6) is -0.970. The lowest BCUT2D eigenvalue weighted by Crippen LogP contribution is -2.67. The zero-order valence-electron chi connectivity index (χ0n) is 22.8. The van der Waals surface area contributed by atoms with E-state index in [9.17, 15) is 19.2 Å². The second-order valence-electron chi connectivity index (χ2n) is 12.7. The summed E-state index contributed by atoms with van der Waals surface area (Å²) in [5.41, 5.74) is -1.68. The van der Waals surface area contributed by atoms with Gasteiger partial charge in [-0.3, -0.25) is 19.2 Å². The molecule has 4 aliphatic carbocycles. The molecule has 1 saturated heterocycles. The maximum absolute atomic E-state index is 12.4. The molecule has 0 aromatic carbocycles. The van der Waals surface area contributed by atoms with Gasteiger partial charge in [-0.05, 0) is 61.7 Å². The van der Waals surface area contributed by atoms with Crippen LogP contribution in [0.15, 0.2) is 0 Å². The number of rotatable bonds is 6. The standard InChI is InChI=1S/C28H40O9/c1-15(29)33-13-26(6)21-11-23(36-18(4)32)27-12-19(28(24(27)37-28)14-34-16(2)30)7-8-20(27)25(21,5)10-9-22(26)35-17(3)31/h19-24H,7-14H2,1-6H3. The van der Waals surface area contributed by atoms with Crippen LogP contribution in [0.2, 0.25) is 0 Å². The maximum Gasteiger partial charge on any atom is 0.302 e. The molecule has 5 aliphatic rings.